The quantitative estimate of drug-likeness (QED) is 0.825. The van der Waals surface area contributed by atoms with Gasteiger partial charge < -0.3 is 20.3 Å². The van der Waals surface area contributed by atoms with Gasteiger partial charge in [-0.3, -0.25) is 9.59 Å². The summed E-state index contributed by atoms with van der Waals surface area (Å²) >= 11 is 5.99. The Labute approximate surface area is 140 Å². The molecule has 0 aliphatic carbocycles. The number of benzene rings is 1. The van der Waals surface area contributed by atoms with Crippen molar-refractivity contribution in [3.05, 3.63) is 22.7 Å². The van der Waals surface area contributed by atoms with Crippen molar-refractivity contribution in [3.63, 3.8) is 0 Å². The van der Waals surface area contributed by atoms with Crippen LogP contribution in [0.2, 0.25) is 5.02 Å². The van der Waals surface area contributed by atoms with E-state index in [-0.39, 0.29) is 24.2 Å². The molecule has 1 saturated heterocycles. The highest BCUT2D eigenvalue weighted by Gasteiger charge is 2.25. The minimum absolute atomic E-state index is 0. The van der Waals surface area contributed by atoms with Crippen molar-refractivity contribution in [2.24, 2.45) is 0 Å². The maximum Gasteiger partial charge on any atom is 0.257 e. The fourth-order valence-electron chi connectivity index (χ4n) is 2.30. The van der Waals surface area contributed by atoms with Gasteiger partial charge in [0, 0.05) is 39.2 Å². The molecule has 1 aromatic carbocycles. The van der Waals surface area contributed by atoms with Crippen molar-refractivity contribution in [1.82, 2.24) is 9.80 Å². The molecule has 2 amide bonds. The molecule has 0 saturated carbocycles. The van der Waals surface area contributed by atoms with Crippen LogP contribution in [0.1, 0.15) is 17.3 Å². The van der Waals surface area contributed by atoms with E-state index in [4.69, 9.17) is 22.1 Å². The Balaban J connectivity index is 0.00000242. The number of nitrogens with zero attached hydrogens (tertiary/aromatic N) is 2. The second-order valence-corrected chi connectivity index (χ2v) is 5.28. The van der Waals surface area contributed by atoms with Crippen molar-refractivity contribution in [3.8, 4) is 5.75 Å². The Morgan fingerprint density at radius 3 is 2.23 bits per heavy atom. The third kappa shape index (κ3) is 3.75. The number of ether oxygens (including phenoxy) is 1. The van der Waals surface area contributed by atoms with Crippen LogP contribution >= 0.6 is 24.0 Å². The average molecular weight is 348 g/mol. The van der Waals surface area contributed by atoms with Crippen LogP contribution in [0.3, 0.4) is 0 Å². The van der Waals surface area contributed by atoms with Crippen molar-refractivity contribution in [2.75, 3.05) is 39.0 Å². The Morgan fingerprint density at radius 1 is 1.18 bits per heavy atom. The molecule has 122 valence electrons. The lowest BCUT2D eigenvalue weighted by molar-refractivity contribution is -0.130. The molecule has 22 heavy (non-hydrogen) atoms. The summed E-state index contributed by atoms with van der Waals surface area (Å²) in [6.45, 7) is 3.57. The normalized spacial score (nSPS) is 14.3. The van der Waals surface area contributed by atoms with Gasteiger partial charge in [-0.05, 0) is 6.07 Å². The van der Waals surface area contributed by atoms with Gasteiger partial charge in [-0.1, -0.05) is 11.6 Å². The lowest BCUT2D eigenvalue weighted by atomic mass is 10.1. The molecule has 0 bridgehead atoms. The summed E-state index contributed by atoms with van der Waals surface area (Å²) in [6, 6.07) is 3.07. The van der Waals surface area contributed by atoms with Crippen LogP contribution in [-0.2, 0) is 4.79 Å². The predicted octanol–water partition coefficient (Wildman–Crippen LogP) is 1.66. The molecular formula is C14H19Cl2N3O3. The molecule has 0 aromatic heterocycles. The molecule has 1 aromatic rings. The van der Waals surface area contributed by atoms with Gasteiger partial charge in [-0.15, -0.1) is 12.4 Å². The summed E-state index contributed by atoms with van der Waals surface area (Å²) in [7, 11) is 1.48. The van der Waals surface area contributed by atoms with E-state index in [1.54, 1.807) is 15.9 Å². The number of nitrogens with two attached hydrogens (primary N) is 1. The highest BCUT2D eigenvalue weighted by Crippen LogP contribution is 2.29. The smallest absolute Gasteiger partial charge is 0.257 e. The van der Waals surface area contributed by atoms with Crippen LogP contribution in [0.15, 0.2) is 12.1 Å². The number of nitrogen functional groups attached to an aromatic ring is 1. The predicted molar refractivity (Wildman–Crippen MR) is 87.8 cm³/mol. The van der Waals surface area contributed by atoms with Crippen LogP contribution in [0.25, 0.3) is 0 Å². The van der Waals surface area contributed by atoms with E-state index < -0.39 is 0 Å². The lowest BCUT2D eigenvalue weighted by Gasteiger charge is -2.34. The number of piperazine rings is 1. The zero-order chi connectivity index (χ0) is 15.6. The first-order valence-corrected chi connectivity index (χ1v) is 6.99. The van der Waals surface area contributed by atoms with Gasteiger partial charge in [0.1, 0.15) is 5.75 Å². The molecule has 0 unspecified atom stereocenters. The summed E-state index contributed by atoms with van der Waals surface area (Å²) in [5.41, 5.74) is 6.46. The van der Waals surface area contributed by atoms with Crippen LogP contribution in [0.4, 0.5) is 5.69 Å². The number of methoxy groups -OCH3 is 1. The zero-order valence-corrected chi connectivity index (χ0v) is 14.0. The molecule has 0 radical (unpaired) electrons. The van der Waals surface area contributed by atoms with Crippen molar-refractivity contribution < 1.29 is 14.3 Å². The van der Waals surface area contributed by atoms with E-state index >= 15 is 0 Å². The minimum Gasteiger partial charge on any atom is -0.496 e. The first-order valence-electron chi connectivity index (χ1n) is 6.62. The third-order valence-electron chi connectivity index (χ3n) is 3.56. The highest BCUT2D eigenvalue weighted by molar-refractivity contribution is 6.33. The Hall–Kier alpha value is -1.66. The molecule has 1 heterocycles. The number of carbonyl (C=O) groups is 2. The van der Waals surface area contributed by atoms with E-state index in [1.165, 1.54) is 20.1 Å². The van der Waals surface area contributed by atoms with Gasteiger partial charge >= 0.3 is 0 Å². The molecule has 1 fully saturated rings. The standard InChI is InChI=1S/C14H18ClN3O3.ClH/c1-9(19)17-3-5-18(6-4-17)14(20)10-7-11(15)12(16)8-13(10)21-2;/h7-8H,3-6,16H2,1-2H3;1H. The van der Waals surface area contributed by atoms with Crippen LogP contribution in [0.5, 0.6) is 5.75 Å². The summed E-state index contributed by atoms with van der Waals surface area (Å²) in [5, 5.41) is 0.321. The number of hydrogen-bond acceptors (Lipinski definition) is 4. The van der Waals surface area contributed by atoms with E-state index in [2.05, 4.69) is 0 Å². The number of carbonyl (C=O) groups excluding carboxylic acids is 2. The van der Waals surface area contributed by atoms with Crippen molar-refractivity contribution >= 4 is 41.5 Å². The summed E-state index contributed by atoms with van der Waals surface area (Å²) < 4.78 is 5.20. The zero-order valence-electron chi connectivity index (χ0n) is 12.5. The minimum atomic E-state index is -0.169. The van der Waals surface area contributed by atoms with Gasteiger partial charge in [0.05, 0.1) is 23.4 Å². The molecule has 1 aliphatic heterocycles. The SMILES string of the molecule is COc1cc(N)c(Cl)cc1C(=O)N1CCN(C(C)=O)CC1.Cl. The number of anilines is 1. The Morgan fingerprint density at radius 2 is 1.73 bits per heavy atom. The van der Waals surface area contributed by atoms with Crippen molar-refractivity contribution in [1.29, 1.82) is 0 Å². The molecule has 6 nitrogen and oxygen atoms in total. The van der Waals surface area contributed by atoms with E-state index in [9.17, 15) is 9.59 Å². The number of amides is 2. The first kappa shape index (κ1) is 18.4. The molecule has 2 N–H and O–H groups in total. The second kappa shape index (κ2) is 7.56. The van der Waals surface area contributed by atoms with Crippen LogP contribution in [0, 0.1) is 0 Å². The van der Waals surface area contributed by atoms with Gasteiger partial charge in [0.2, 0.25) is 5.91 Å². The average Bonchev–Trinajstić information content (AvgIpc) is 2.49. The second-order valence-electron chi connectivity index (χ2n) is 4.87. The third-order valence-corrected chi connectivity index (χ3v) is 3.89. The van der Waals surface area contributed by atoms with Gasteiger partial charge in [0.15, 0.2) is 0 Å². The Bertz CT molecular complexity index is 573. The van der Waals surface area contributed by atoms with E-state index in [0.29, 0.717) is 48.2 Å². The van der Waals surface area contributed by atoms with Gasteiger partial charge in [-0.2, -0.15) is 0 Å². The summed E-state index contributed by atoms with van der Waals surface area (Å²) in [4.78, 5) is 27.3. The fraction of sp³-hybridized carbons (Fsp3) is 0.429. The topological polar surface area (TPSA) is 75.9 Å². The molecule has 2 rings (SSSR count). The maximum atomic E-state index is 12.6. The lowest BCUT2D eigenvalue weighted by Crippen LogP contribution is -2.50. The fourth-order valence-corrected chi connectivity index (χ4v) is 2.46. The summed E-state index contributed by atoms with van der Waals surface area (Å²) in [5.74, 6) is 0.253. The van der Waals surface area contributed by atoms with E-state index in [0.717, 1.165) is 0 Å². The van der Waals surface area contributed by atoms with Crippen LogP contribution in [-0.4, -0.2) is 54.9 Å². The largest absolute Gasteiger partial charge is 0.496 e. The highest BCUT2D eigenvalue weighted by atomic mass is 35.5. The van der Waals surface area contributed by atoms with Gasteiger partial charge in [0.25, 0.3) is 5.91 Å². The maximum absolute atomic E-state index is 12.6. The molecule has 0 atom stereocenters. The summed E-state index contributed by atoms with van der Waals surface area (Å²) in [6.07, 6.45) is 0. The monoisotopic (exact) mass is 347 g/mol. The number of rotatable bonds is 2. The number of halogens is 2. The molecular weight excluding hydrogens is 329 g/mol. The van der Waals surface area contributed by atoms with Crippen LogP contribution < -0.4 is 10.5 Å². The number of hydrogen-bond donors (Lipinski definition) is 1. The molecule has 1 aliphatic rings. The van der Waals surface area contributed by atoms with Crippen molar-refractivity contribution in [2.45, 2.75) is 6.92 Å². The van der Waals surface area contributed by atoms with E-state index in [1.807, 2.05) is 0 Å². The van der Waals surface area contributed by atoms with Gasteiger partial charge in [-0.25, -0.2) is 0 Å². The Kier molecular flexibility index (Phi) is 6.32. The first-order chi connectivity index (χ1) is 9.93. The molecule has 8 heteroatoms. The molecule has 0 spiro atoms.